The lowest BCUT2D eigenvalue weighted by Gasteiger charge is -2.36. The van der Waals surface area contributed by atoms with Crippen molar-refractivity contribution in [2.45, 2.75) is 19.1 Å². The van der Waals surface area contributed by atoms with Crippen LogP contribution in [0.5, 0.6) is 5.75 Å². The summed E-state index contributed by atoms with van der Waals surface area (Å²) in [5.41, 5.74) is 0.627. The van der Waals surface area contributed by atoms with Crippen LogP contribution < -0.4 is 4.74 Å². The first-order valence-corrected chi connectivity index (χ1v) is 6.82. The summed E-state index contributed by atoms with van der Waals surface area (Å²) >= 11 is 5.83. The Morgan fingerprint density at radius 2 is 2.32 bits per heavy atom. The summed E-state index contributed by atoms with van der Waals surface area (Å²) in [4.78, 5) is 14.2. The molecule has 1 amide bonds. The fourth-order valence-corrected chi connectivity index (χ4v) is 2.41. The molecule has 4 nitrogen and oxygen atoms in total. The number of methoxy groups -OCH3 is 1. The summed E-state index contributed by atoms with van der Waals surface area (Å²) < 4.78 is 10.8. The van der Waals surface area contributed by atoms with Gasteiger partial charge in [0.25, 0.3) is 5.91 Å². The molecule has 2 atom stereocenters. The van der Waals surface area contributed by atoms with Crippen LogP contribution in [0.2, 0.25) is 0 Å². The van der Waals surface area contributed by atoms with Gasteiger partial charge in [0.2, 0.25) is 0 Å². The van der Waals surface area contributed by atoms with Crippen molar-refractivity contribution in [2.24, 2.45) is 0 Å². The van der Waals surface area contributed by atoms with Gasteiger partial charge in [0.15, 0.2) is 0 Å². The van der Waals surface area contributed by atoms with E-state index < -0.39 is 0 Å². The van der Waals surface area contributed by atoms with Gasteiger partial charge in [-0.2, -0.15) is 0 Å². The van der Waals surface area contributed by atoms with Crippen LogP contribution in [0, 0.1) is 0 Å². The van der Waals surface area contributed by atoms with E-state index >= 15 is 0 Å². The molecule has 2 unspecified atom stereocenters. The van der Waals surface area contributed by atoms with E-state index in [1.165, 1.54) is 0 Å². The number of nitrogens with zero attached hydrogens (tertiary/aromatic N) is 1. The summed E-state index contributed by atoms with van der Waals surface area (Å²) in [6.45, 7) is 3.07. The normalized spacial score (nSPS) is 23.2. The van der Waals surface area contributed by atoms with Gasteiger partial charge in [-0.05, 0) is 25.1 Å². The Balaban J connectivity index is 2.13. The van der Waals surface area contributed by atoms with Crippen LogP contribution in [0.1, 0.15) is 17.3 Å². The number of morpholine rings is 1. The summed E-state index contributed by atoms with van der Waals surface area (Å²) in [6, 6.07) is 7.17. The number of ether oxygens (including phenoxy) is 2. The van der Waals surface area contributed by atoms with E-state index in [0.717, 1.165) is 0 Å². The second-order valence-corrected chi connectivity index (χ2v) is 4.97. The first-order valence-electron chi connectivity index (χ1n) is 6.28. The summed E-state index contributed by atoms with van der Waals surface area (Å²) in [7, 11) is 1.59. The van der Waals surface area contributed by atoms with Crippen molar-refractivity contribution in [3.63, 3.8) is 0 Å². The Morgan fingerprint density at radius 1 is 1.53 bits per heavy atom. The van der Waals surface area contributed by atoms with Gasteiger partial charge in [0.05, 0.1) is 25.2 Å². The third-order valence-corrected chi connectivity index (χ3v) is 3.45. The molecule has 1 saturated heterocycles. The van der Waals surface area contributed by atoms with E-state index in [1.807, 2.05) is 19.1 Å². The lowest BCUT2D eigenvalue weighted by molar-refractivity contribution is -0.0570. The van der Waals surface area contributed by atoms with Crippen LogP contribution in [0.15, 0.2) is 24.3 Å². The lowest BCUT2D eigenvalue weighted by Crippen LogP contribution is -2.49. The first kappa shape index (κ1) is 14.2. The van der Waals surface area contributed by atoms with Gasteiger partial charge in [-0.3, -0.25) is 4.79 Å². The highest BCUT2D eigenvalue weighted by Gasteiger charge is 2.28. The van der Waals surface area contributed by atoms with Gasteiger partial charge in [0, 0.05) is 18.7 Å². The van der Waals surface area contributed by atoms with Crippen LogP contribution in [-0.2, 0) is 4.74 Å². The third-order valence-electron chi connectivity index (χ3n) is 3.10. The molecule has 104 valence electrons. The van der Waals surface area contributed by atoms with E-state index in [4.69, 9.17) is 21.1 Å². The molecule has 0 aliphatic carbocycles. The van der Waals surface area contributed by atoms with Gasteiger partial charge in [-0.15, -0.1) is 11.6 Å². The molecule has 1 aromatic rings. The second kappa shape index (κ2) is 6.26. The summed E-state index contributed by atoms with van der Waals surface area (Å²) in [5.74, 6) is 1.07. The number of hydrogen-bond donors (Lipinski definition) is 0. The molecule has 1 aromatic carbocycles. The second-order valence-electron chi connectivity index (χ2n) is 4.67. The minimum Gasteiger partial charge on any atom is -0.497 e. The van der Waals surface area contributed by atoms with Crippen LogP contribution in [0.4, 0.5) is 0 Å². The van der Waals surface area contributed by atoms with Gasteiger partial charge >= 0.3 is 0 Å². The molecular weight excluding hydrogens is 266 g/mol. The first-order chi connectivity index (χ1) is 9.13. The van der Waals surface area contributed by atoms with Gasteiger partial charge in [-0.25, -0.2) is 0 Å². The predicted octanol–water partition coefficient (Wildman–Crippen LogP) is 2.16. The average Bonchev–Trinajstić information content (AvgIpc) is 2.45. The molecule has 0 N–H and O–H groups in total. The average molecular weight is 284 g/mol. The fourth-order valence-electron chi connectivity index (χ4n) is 2.23. The molecule has 2 rings (SSSR count). The Morgan fingerprint density at radius 3 is 3.00 bits per heavy atom. The van der Waals surface area contributed by atoms with Gasteiger partial charge < -0.3 is 14.4 Å². The van der Waals surface area contributed by atoms with Crippen molar-refractivity contribution in [2.75, 3.05) is 26.1 Å². The third kappa shape index (κ3) is 3.39. The molecule has 1 aliphatic heterocycles. The number of hydrogen-bond acceptors (Lipinski definition) is 3. The zero-order valence-electron chi connectivity index (χ0n) is 11.1. The minimum atomic E-state index is -0.0972. The van der Waals surface area contributed by atoms with Crippen LogP contribution >= 0.6 is 11.6 Å². The number of amides is 1. The zero-order chi connectivity index (χ0) is 13.8. The smallest absolute Gasteiger partial charge is 0.254 e. The van der Waals surface area contributed by atoms with Crippen molar-refractivity contribution < 1.29 is 14.3 Å². The van der Waals surface area contributed by atoms with Gasteiger partial charge in [-0.1, -0.05) is 6.07 Å². The van der Waals surface area contributed by atoms with Crippen molar-refractivity contribution in [3.05, 3.63) is 29.8 Å². The Hall–Kier alpha value is -1.26. The molecule has 1 fully saturated rings. The molecule has 0 bridgehead atoms. The molecule has 0 radical (unpaired) electrons. The van der Waals surface area contributed by atoms with E-state index in [9.17, 15) is 4.79 Å². The minimum absolute atomic E-state index is 0.00653. The Bertz CT molecular complexity index is 452. The number of carbonyl (C=O) groups excluding carboxylic acids is 1. The highest BCUT2D eigenvalue weighted by Crippen LogP contribution is 2.18. The molecule has 1 aliphatic rings. The number of halogens is 1. The van der Waals surface area contributed by atoms with Gasteiger partial charge in [0.1, 0.15) is 5.75 Å². The van der Waals surface area contributed by atoms with Crippen molar-refractivity contribution in [1.29, 1.82) is 0 Å². The predicted molar refractivity (Wildman–Crippen MR) is 74.0 cm³/mol. The largest absolute Gasteiger partial charge is 0.497 e. The molecule has 1 heterocycles. The quantitative estimate of drug-likeness (QED) is 0.798. The van der Waals surface area contributed by atoms with Crippen molar-refractivity contribution >= 4 is 17.5 Å². The van der Waals surface area contributed by atoms with Crippen LogP contribution in [0.25, 0.3) is 0 Å². The summed E-state index contributed by atoms with van der Waals surface area (Å²) in [6.07, 6.45) is -0.0907. The monoisotopic (exact) mass is 283 g/mol. The zero-order valence-corrected chi connectivity index (χ0v) is 11.9. The van der Waals surface area contributed by atoms with Crippen molar-refractivity contribution in [1.82, 2.24) is 4.90 Å². The van der Waals surface area contributed by atoms with E-state index in [2.05, 4.69) is 0 Å². The van der Waals surface area contributed by atoms with Crippen molar-refractivity contribution in [3.8, 4) is 5.75 Å². The van der Waals surface area contributed by atoms with Crippen LogP contribution in [0.3, 0.4) is 0 Å². The van der Waals surface area contributed by atoms with E-state index in [-0.39, 0.29) is 18.1 Å². The van der Waals surface area contributed by atoms with E-state index in [0.29, 0.717) is 30.3 Å². The maximum atomic E-state index is 12.4. The molecule has 5 heteroatoms. The number of benzene rings is 1. The lowest BCUT2D eigenvalue weighted by atomic mass is 10.1. The Labute approximate surface area is 118 Å². The fraction of sp³-hybridized carbons (Fsp3) is 0.500. The summed E-state index contributed by atoms with van der Waals surface area (Å²) in [5, 5.41) is 0. The number of alkyl halides is 1. The topological polar surface area (TPSA) is 38.8 Å². The molecule has 0 aromatic heterocycles. The highest BCUT2D eigenvalue weighted by atomic mass is 35.5. The standard InChI is InChI=1S/C14H18ClNO3/c1-10-8-16(9-13(7-15)19-10)14(17)11-4-3-5-12(6-11)18-2/h3-6,10,13H,7-9H2,1-2H3. The number of rotatable bonds is 3. The molecule has 0 spiro atoms. The molecule has 0 saturated carbocycles. The highest BCUT2D eigenvalue weighted by molar-refractivity contribution is 6.18. The molecular formula is C14H18ClNO3. The maximum Gasteiger partial charge on any atom is 0.254 e. The Kier molecular flexibility index (Phi) is 4.66. The molecule has 19 heavy (non-hydrogen) atoms. The van der Waals surface area contributed by atoms with Crippen LogP contribution in [-0.4, -0.2) is 49.1 Å². The van der Waals surface area contributed by atoms with E-state index in [1.54, 1.807) is 24.1 Å². The SMILES string of the molecule is COc1cccc(C(=O)N2CC(C)OC(CCl)C2)c1. The number of carbonyl (C=O) groups is 1. The maximum absolute atomic E-state index is 12.4.